The smallest absolute Gasteiger partial charge is 0.131 e. The minimum atomic E-state index is -0.353. The fraction of sp³-hybridized carbons (Fsp3) is 0.0769. The summed E-state index contributed by atoms with van der Waals surface area (Å²) in [4.78, 5) is 0. The summed E-state index contributed by atoms with van der Waals surface area (Å²) in [6.07, 6.45) is 0. The zero-order valence-electron chi connectivity index (χ0n) is 9.09. The van der Waals surface area contributed by atoms with Gasteiger partial charge in [0.05, 0.1) is 0 Å². The Morgan fingerprint density at radius 3 is 2.61 bits per heavy atom. The molecule has 0 amide bonds. The minimum Gasteiger partial charge on any atom is -0.457 e. The van der Waals surface area contributed by atoms with E-state index in [1.165, 1.54) is 12.1 Å². The molecule has 0 saturated carbocycles. The SMILES string of the molecule is Fc1cc(Br)cc(Oc2ccc(Cl)cc2CBr)c1. The summed E-state index contributed by atoms with van der Waals surface area (Å²) < 4.78 is 19.5. The second-order valence-corrected chi connectivity index (χ2v) is 5.51. The van der Waals surface area contributed by atoms with Crippen LogP contribution in [0, 0.1) is 5.82 Å². The minimum absolute atomic E-state index is 0.353. The van der Waals surface area contributed by atoms with Crippen molar-refractivity contribution in [3.8, 4) is 11.5 Å². The molecule has 0 bridgehead atoms. The number of hydrogen-bond donors (Lipinski definition) is 0. The van der Waals surface area contributed by atoms with Crippen LogP contribution in [0.5, 0.6) is 11.5 Å². The Hall–Kier alpha value is -0.580. The quantitative estimate of drug-likeness (QED) is 0.587. The summed E-state index contributed by atoms with van der Waals surface area (Å²) in [5.41, 5.74) is 0.905. The van der Waals surface area contributed by atoms with Crippen molar-refractivity contribution < 1.29 is 9.13 Å². The molecule has 0 fully saturated rings. The summed E-state index contributed by atoms with van der Waals surface area (Å²) in [5, 5.41) is 1.25. The fourth-order valence-electron chi connectivity index (χ4n) is 1.47. The molecule has 0 aliphatic carbocycles. The Kier molecular flexibility index (Phi) is 4.65. The van der Waals surface area contributed by atoms with Gasteiger partial charge >= 0.3 is 0 Å². The van der Waals surface area contributed by atoms with Gasteiger partial charge in [0.15, 0.2) is 0 Å². The lowest BCUT2D eigenvalue weighted by Gasteiger charge is -2.10. The molecule has 0 saturated heterocycles. The van der Waals surface area contributed by atoms with Crippen molar-refractivity contribution in [2.24, 2.45) is 0 Å². The normalized spacial score (nSPS) is 10.4. The predicted molar refractivity (Wildman–Crippen MR) is 78.3 cm³/mol. The molecule has 0 aromatic heterocycles. The highest BCUT2D eigenvalue weighted by Gasteiger charge is 2.07. The molecule has 0 aliphatic rings. The highest BCUT2D eigenvalue weighted by Crippen LogP contribution is 2.31. The first-order chi connectivity index (χ1) is 8.58. The van der Waals surface area contributed by atoms with Crippen molar-refractivity contribution in [3.63, 3.8) is 0 Å². The summed E-state index contributed by atoms with van der Waals surface area (Å²) in [6.45, 7) is 0. The van der Waals surface area contributed by atoms with Crippen molar-refractivity contribution in [1.29, 1.82) is 0 Å². The lowest BCUT2D eigenvalue weighted by Crippen LogP contribution is -1.90. The zero-order chi connectivity index (χ0) is 13.1. The van der Waals surface area contributed by atoms with E-state index in [4.69, 9.17) is 16.3 Å². The van der Waals surface area contributed by atoms with Crippen molar-refractivity contribution in [3.05, 3.63) is 57.3 Å². The molecule has 94 valence electrons. The zero-order valence-corrected chi connectivity index (χ0v) is 13.0. The fourth-order valence-corrected chi connectivity index (χ4v) is 2.54. The molecule has 0 radical (unpaired) electrons. The number of halogens is 4. The average Bonchev–Trinajstić information content (AvgIpc) is 2.30. The van der Waals surface area contributed by atoms with Crippen molar-refractivity contribution >= 4 is 43.5 Å². The van der Waals surface area contributed by atoms with Gasteiger partial charge in [-0.05, 0) is 30.3 Å². The third kappa shape index (κ3) is 3.46. The van der Waals surface area contributed by atoms with Gasteiger partial charge in [-0.2, -0.15) is 0 Å². The van der Waals surface area contributed by atoms with Crippen LogP contribution in [0.4, 0.5) is 4.39 Å². The molecule has 1 nitrogen and oxygen atoms in total. The summed E-state index contributed by atoms with van der Waals surface area (Å²) in [5.74, 6) is 0.730. The van der Waals surface area contributed by atoms with E-state index in [0.29, 0.717) is 26.3 Å². The number of alkyl halides is 1. The number of hydrogen-bond acceptors (Lipinski definition) is 1. The molecule has 0 spiro atoms. The van der Waals surface area contributed by atoms with E-state index in [1.54, 1.807) is 24.3 Å². The molecule has 2 rings (SSSR count). The maximum Gasteiger partial charge on any atom is 0.131 e. The van der Waals surface area contributed by atoms with Crippen LogP contribution in [0.15, 0.2) is 40.9 Å². The van der Waals surface area contributed by atoms with Crippen LogP contribution in [-0.4, -0.2) is 0 Å². The Labute approximate surface area is 126 Å². The highest BCUT2D eigenvalue weighted by atomic mass is 79.9. The second-order valence-electron chi connectivity index (χ2n) is 3.59. The van der Waals surface area contributed by atoms with Crippen LogP contribution in [-0.2, 0) is 5.33 Å². The molecule has 5 heteroatoms. The van der Waals surface area contributed by atoms with Gasteiger partial charge in [0, 0.05) is 26.5 Å². The lowest BCUT2D eigenvalue weighted by atomic mass is 10.2. The van der Waals surface area contributed by atoms with Crippen LogP contribution in [0.25, 0.3) is 0 Å². The molecule has 0 N–H and O–H groups in total. The first-order valence-electron chi connectivity index (χ1n) is 5.07. The number of benzene rings is 2. The second kappa shape index (κ2) is 6.04. The average molecular weight is 394 g/mol. The van der Waals surface area contributed by atoms with Gasteiger partial charge in [-0.1, -0.05) is 43.5 Å². The first-order valence-corrected chi connectivity index (χ1v) is 7.36. The predicted octanol–water partition coefficient (Wildman–Crippen LogP) is 5.93. The van der Waals surface area contributed by atoms with Crippen LogP contribution in [0.3, 0.4) is 0 Å². The number of rotatable bonds is 3. The van der Waals surface area contributed by atoms with E-state index in [9.17, 15) is 4.39 Å². The molecule has 18 heavy (non-hydrogen) atoms. The van der Waals surface area contributed by atoms with E-state index in [-0.39, 0.29) is 5.82 Å². The number of ether oxygens (including phenoxy) is 1. The molecule has 0 aliphatic heterocycles. The van der Waals surface area contributed by atoms with Crippen molar-refractivity contribution in [2.75, 3.05) is 0 Å². The van der Waals surface area contributed by atoms with Crippen LogP contribution in [0.1, 0.15) is 5.56 Å². The Balaban J connectivity index is 2.33. The highest BCUT2D eigenvalue weighted by molar-refractivity contribution is 9.10. The van der Waals surface area contributed by atoms with Gasteiger partial charge in [-0.3, -0.25) is 0 Å². The third-order valence-electron chi connectivity index (χ3n) is 2.23. The molecule has 0 unspecified atom stereocenters. The maximum absolute atomic E-state index is 13.2. The molecule has 0 heterocycles. The Bertz CT molecular complexity index is 555. The molecular formula is C13H8Br2ClFO. The topological polar surface area (TPSA) is 9.23 Å². The van der Waals surface area contributed by atoms with Crippen LogP contribution < -0.4 is 4.74 Å². The summed E-state index contributed by atoms with van der Waals surface area (Å²) in [6, 6.07) is 9.71. The Morgan fingerprint density at radius 2 is 1.94 bits per heavy atom. The largest absolute Gasteiger partial charge is 0.457 e. The molecular weight excluding hydrogens is 386 g/mol. The van der Waals surface area contributed by atoms with Crippen molar-refractivity contribution in [2.45, 2.75) is 5.33 Å². The lowest BCUT2D eigenvalue weighted by molar-refractivity contribution is 0.472. The molecule has 2 aromatic carbocycles. The van der Waals surface area contributed by atoms with Gasteiger partial charge in [-0.15, -0.1) is 0 Å². The third-order valence-corrected chi connectivity index (χ3v) is 3.53. The maximum atomic E-state index is 13.2. The summed E-state index contributed by atoms with van der Waals surface area (Å²) in [7, 11) is 0. The first kappa shape index (κ1) is 13.8. The van der Waals surface area contributed by atoms with Crippen LogP contribution in [0.2, 0.25) is 5.02 Å². The molecule has 2 aromatic rings. The van der Waals surface area contributed by atoms with Gasteiger partial charge < -0.3 is 4.74 Å². The summed E-state index contributed by atoms with van der Waals surface area (Å²) >= 11 is 12.5. The standard InChI is InChI=1S/C13H8Br2ClFO/c14-7-8-3-10(16)1-2-13(8)18-12-5-9(15)4-11(17)6-12/h1-6H,7H2. The van der Waals surface area contributed by atoms with Gasteiger partial charge in [0.1, 0.15) is 17.3 Å². The van der Waals surface area contributed by atoms with Crippen molar-refractivity contribution in [1.82, 2.24) is 0 Å². The van der Waals surface area contributed by atoms with E-state index < -0.39 is 0 Å². The van der Waals surface area contributed by atoms with E-state index >= 15 is 0 Å². The molecule has 0 atom stereocenters. The van der Waals surface area contributed by atoms with Crippen LogP contribution >= 0.6 is 43.5 Å². The van der Waals surface area contributed by atoms with E-state index in [0.717, 1.165) is 5.56 Å². The van der Waals surface area contributed by atoms with Gasteiger partial charge in [0.2, 0.25) is 0 Å². The van der Waals surface area contributed by atoms with Gasteiger partial charge in [0.25, 0.3) is 0 Å². The van der Waals surface area contributed by atoms with E-state index in [1.807, 2.05) is 0 Å². The van der Waals surface area contributed by atoms with E-state index in [2.05, 4.69) is 31.9 Å². The van der Waals surface area contributed by atoms with Gasteiger partial charge in [-0.25, -0.2) is 4.39 Å². The Morgan fingerprint density at radius 1 is 1.17 bits per heavy atom. The monoisotopic (exact) mass is 392 g/mol.